The maximum atomic E-state index is 12.3. The maximum Gasteiger partial charge on any atom is 0.387 e. The van der Waals surface area contributed by atoms with E-state index in [1.807, 2.05) is 31.2 Å². The molecule has 0 unspecified atom stereocenters. The molecule has 0 spiro atoms. The summed E-state index contributed by atoms with van der Waals surface area (Å²) in [5, 5.41) is 2.77. The predicted molar refractivity (Wildman–Crippen MR) is 93.1 cm³/mol. The number of nitrogens with one attached hydrogen (secondary N) is 1. The van der Waals surface area contributed by atoms with Crippen LogP contribution in [0.3, 0.4) is 0 Å². The van der Waals surface area contributed by atoms with Gasteiger partial charge >= 0.3 is 6.61 Å². The molecular weight excluding hydrogens is 328 g/mol. The average molecular weight is 347 g/mol. The highest BCUT2D eigenvalue weighted by Gasteiger charge is 2.10. The largest absolute Gasteiger partial charge is 0.493 e. The van der Waals surface area contributed by atoms with E-state index in [1.54, 1.807) is 12.1 Å². The van der Waals surface area contributed by atoms with E-state index >= 15 is 0 Å². The highest BCUT2D eigenvalue weighted by atomic mass is 19.3. The van der Waals surface area contributed by atoms with Crippen molar-refractivity contribution in [2.24, 2.45) is 0 Å². The number of ether oxygens (including phenoxy) is 2. The second-order valence-electron chi connectivity index (χ2n) is 5.17. The second-order valence-corrected chi connectivity index (χ2v) is 5.17. The molecule has 0 aliphatic heterocycles. The normalized spacial score (nSPS) is 10.9. The van der Waals surface area contributed by atoms with Crippen LogP contribution in [0.4, 0.5) is 14.5 Å². The molecule has 0 radical (unpaired) electrons. The highest BCUT2D eigenvalue weighted by molar-refractivity contribution is 6.02. The topological polar surface area (TPSA) is 47.6 Å². The molecule has 6 heteroatoms. The molecular formula is C19H19F2NO3. The highest BCUT2D eigenvalue weighted by Crippen LogP contribution is 2.29. The van der Waals surface area contributed by atoms with Gasteiger partial charge in [-0.15, -0.1) is 0 Å². The molecule has 0 heterocycles. The molecule has 0 saturated heterocycles. The quantitative estimate of drug-likeness (QED) is 0.750. The van der Waals surface area contributed by atoms with Gasteiger partial charge in [0.25, 0.3) is 0 Å². The van der Waals surface area contributed by atoms with E-state index in [1.165, 1.54) is 25.3 Å². The van der Waals surface area contributed by atoms with Gasteiger partial charge in [-0.3, -0.25) is 4.79 Å². The average Bonchev–Trinajstić information content (AvgIpc) is 2.60. The summed E-state index contributed by atoms with van der Waals surface area (Å²) in [5.41, 5.74) is 2.46. The molecule has 0 atom stereocenters. The van der Waals surface area contributed by atoms with Crippen molar-refractivity contribution in [2.75, 3.05) is 12.4 Å². The van der Waals surface area contributed by atoms with Gasteiger partial charge in [0, 0.05) is 11.8 Å². The van der Waals surface area contributed by atoms with Gasteiger partial charge < -0.3 is 14.8 Å². The zero-order valence-corrected chi connectivity index (χ0v) is 14.0. The number of benzene rings is 2. The zero-order chi connectivity index (χ0) is 18.2. The molecule has 4 nitrogen and oxygen atoms in total. The minimum absolute atomic E-state index is 0.0597. The van der Waals surface area contributed by atoms with Gasteiger partial charge in [0.15, 0.2) is 11.5 Å². The number of rotatable bonds is 7. The van der Waals surface area contributed by atoms with Gasteiger partial charge in [-0.05, 0) is 47.9 Å². The second kappa shape index (κ2) is 8.82. The summed E-state index contributed by atoms with van der Waals surface area (Å²) >= 11 is 0. The third-order valence-electron chi connectivity index (χ3n) is 3.43. The van der Waals surface area contributed by atoms with Gasteiger partial charge in [-0.2, -0.15) is 8.78 Å². The number of amides is 1. The summed E-state index contributed by atoms with van der Waals surface area (Å²) < 4.78 is 34.0. The number of methoxy groups -OCH3 is 1. The Hall–Kier alpha value is -2.89. The van der Waals surface area contributed by atoms with Crippen LogP contribution in [-0.2, 0) is 11.2 Å². The van der Waals surface area contributed by atoms with Crippen molar-refractivity contribution in [1.82, 2.24) is 0 Å². The van der Waals surface area contributed by atoms with Crippen molar-refractivity contribution in [2.45, 2.75) is 20.0 Å². The lowest BCUT2D eigenvalue weighted by Crippen LogP contribution is -2.07. The van der Waals surface area contributed by atoms with Crippen molar-refractivity contribution in [3.8, 4) is 11.5 Å². The molecule has 2 rings (SSSR count). The van der Waals surface area contributed by atoms with E-state index in [-0.39, 0.29) is 17.4 Å². The van der Waals surface area contributed by atoms with Crippen LogP contribution in [-0.4, -0.2) is 19.6 Å². The van der Waals surface area contributed by atoms with E-state index < -0.39 is 6.61 Å². The summed E-state index contributed by atoms with van der Waals surface area (Å²) in [7, 11) is 1.36. The van der Waals surface area contributed by atoms with Crippen LogP contribution in [0.15, 0.2) is 48.5 Å². The molecule has 2 aromatic rings. The molecule has 132 valence electrons. The lowest BCUT2D eigenvalue weighted by molar-refractivity contribution is -0.111. The molecule has 25 heavy (non-hydrogen) atoms. The van der Waals surface area contributed by atoms with Gasteiger partial charge in [0.1, 0.15) is 0 Å². The Kier molecular flexibility index (Phi) is 6.51. The van der Waals surface area contributed by atoms with Crippen LogP contribution in [0.25, 0.3) is 6.08 Å². The molecule has 1 N–H and O–H groups in total. The number of alkyl halides is 2. The van der Waals surface area contributed by atoms with E-state index in [4.69, 9.17) is 4.74 Å². The summed E-state index contributed by atoms with van der Waals surface area (Å²) in [6.07, 6.45) is 3.81. The van der Waals surface area contributed by atoms with Crippen molar-refractivity contribution < 1.29 is 23.0 Å². The Bertz CT molecular complexity index is 760. The predicted octanol–water partition coefficient (Wildman–Crippen LogP) is 4.51. The Morgan fingerprint density at radius 2 is 2.00 bits per heavy atom. The van der Waals surface area contributed by atoms with Gasteiger partial charge in [-0.25, -0.2) is 0 Å². The number of anilines is 1. The van der Waals surface area contributed by atoms with E-state index in [9.17, 15) is 13.6 Å². The fourth-order valence-corrected chi connectivity index (χ4v) is 2.21. The van der Waals surface area contributed by atoms with Crippen LogP contribution < -0.4 is 14.8 Å². The van der Waals surface area contributed by atoms with E-state index in [0.29, 0.717) is 11.3 Å². The Morgan fingerprint density at radius 1 is 1.20 bits per heavy atom. The summed E-state index contributed by atoms with van der Waals surface area (Å²) in [6, 6.07) is 12.0. The van der Waals surface area contributed by atoms with Gasteiger partial charge in [0.05, 0.1) is 7.11 Å². The minimum atomic E-state index is -2.93. The molecule has 1 amide bonds. The lowest BCUT2D eigenvalue weighted by Gasteiger charge is -2.10. The van der Waals surface area contributed by atoms with Crippen LogP contribution >= 0.6 is 0 Å². The van der Waals surface area contributed by atoms with E-state index in [2.05, 4.69) is 10.1 Å². The third kappa shape index (κ3) is 5.60. The molecule has 0 bridgehead atoms. The Morgan fingerprint density at radius 3 is 2.68 bits per heavy atom. The molecule has 0 aliphatic carbocycles. The number of hydrogen-bond acceptors (Lipinski definition) is 3. The number of hydrogen-bond donors (Lipinski definition) is 1. The fourth-order valence-electron chi connectivity index (χ4n) is 2.21. The Balaban J connectivity index is 2.06. The third-order valence-corrected chi connectivity index (χ3v) is 3.43. The molecule has 0 saturated carbocycles. The van der Waals surface area contributed by atoms with Gasteiger partial charge in [-0.1, -0.05) is 25.1 Å². The van der Waals surface area contributed by atoms with Crippen molar-refractivity contribution >= 4 is 17.7 Å². The summed E-state index contributed by atoms with van der Waals surface area (Å²) in [4.78, 5) is 12.0. The van der Waals surface area contributed by atoms with Crippen LogP contribution in [0.1, 0.15) is 18.1 Å². The first kappa shape index (κ1) is 18.4. The van der Waals surface area contributed by atoms with Crippen molar-refractivity contribution in [1.29, 1.82) is 0 Å². The first-order chi connectivity index (χ1) is 12.0. The first-order valence-corrected chi connectivity index (χ1v) is 7.72. The standard InChI is InChI=1S/C19H19F2NO3/c1-3-13-5-4-6-15(11-13)22-18(23)10-8-14-7-9-16(25-19(20)21)17(12-14)24-2/h4-12,19H,3H2,1-2H3,(H,22,23)/b10-8+. The van der Waals surface area contributed by atoms with Crippen LogP contribution in [0.5, 0.6) is 11.5 Å². The summed E-state index contributed by atoms with van der Waals surface area (Å²) in [5.74, 6) is -0.186. The Labute approximate surface area is 145 Å². The zero-order valence-electron chi connectivity index (χ0n) is 14.0. The maximum absolute atomic E-state index is 12.3. The minimum Gasteiger partial charge on any atom is -0.493 e. The molecule has 2 aromatic carbocycles. The van der Waals surface area contributed by atoms with Crippen molar-refractivity contribution in [3.63, 3.8) is 0 Å². The molecule has 0 aromatic heterocycles. The molecule has 0 fully saturated rings. The number of aryl methyl sites for hydroxylation is 1. The fraction of sp³-hybridized carbons (Fsp3) is 0.211. The van der Waals surface area contributed by atoms with Crippen LogP contribution in [0, 0.1) is 0 Å². The number of halogens is 2. The SMILES string of the molecule is CCc1cccc(NC(=O)/C=C/c2ccc(OC(F)F)c(OC)c2)c1. The first-order valence-electron chi connectivity index (χ1n) is 7.72. The number of carbonyl (C=O) groups is 1. The molecule has 0 aliphatic rings. The smallest absolute Gasteiger partial charge is 0.387 e. The monoisotopic (exact) mass is 347 g/mol. The van der Waals surface area contributed by atoms with Gasteiger partial charge in [0.2, 0.25) is 5.91 Å². The summed E-state index contributed by atoms with van der Waals surface area (Å²) in [6.45, 7) is -0.893. The lowest BCUT2D eigenvalue weighted by atomic mass is 10.1. The van der Waals surface area contributed by atoms with E-state index in [0.717, 1.165) is 12.0 Å². The number of carbonyl (C=O) groups excluding carboxylic acids is 1. The van der Waals surface area contributed by atoms with Crippen molar-refractivity contribution in [3.05, 3.63) is 59.7 Å². The van der Waals surface area contributed by atoms with Crippen LogP contribution in [0.2, 0.25) is 0 Å².